The largest absolute Gasteiger partial charge is 0.481 e. The monoisotopic (exact) mass is 228 g/mol. The molecule has 1 saturated carbocycles. The van der Waals surface area contributed by atoms with Gasteiger partial charge in [-0.2, -0.15) is 0 Å². The summed E-state index contributed by atoms with van der Waals surface area (Å²) < 4.78 is 0. The molecule has 5 heteroatoms. The predicted octanol–water partition coefficient (Wildman–Crippen LogP) is 1.34. The predicted molar refractivity (Wildman–Crippen MR) is 60.2 cm³/mol. The van der Waals surface area contributed by atoms with Gasteiger partial charge in [0.25, 0.3) is 0 Å². The molecule has 5 nitrogen and oxygen atoms in total. The molecule has 1 fully saturated rings. The van der Waals surface area contributed by atoms with Gasteiger partial charge in [0.15, 0.2) is 0 Å². The highest BCUT2D eigenvalue weighted by Crippen LogP contribution is 2.45. The van der Waals surface area contributed by atoms with Crippen LogP contribution in [-0.4, -0.2) is 29.7 Å². The number of nitrogens with one attached hydrogen (secondary N) is 2. The molecule has 1 atom stereocenters. The van der Waals surface area contributed by atoms with E-state index in [1.165, 1.54) is 0 Å². The standard InChI is InChI=1S/C11H20N2O3/c1-3-4-8(2)13-10(16)12-7-11(5-6-11)9(14)15/h8H,3-7H2,1-2H3,(H,14,15)(H2,12,13,16). The molecule has 0 aromatic heterocycles. The molecule has 0 aromatic rings. The molecule has 3 N–H and O–H groups in total. The number of aliphatic carboxylic acids is 1. The summed E-state index contributed by atoms with van der Waals surface area (Å²) in [7, 11) is 0. The number of carbonyl (C=O) groups excluding carboxylic acids is 1. The van der Waals surface area contributed by atoms with E-state index in [9.17, 15) is 9.59 Å². The molecule has 0 aliphatic heterocycles. The van der Waals surface area contributed by atoms with Crippen molar-refractivity contribution in [1.82, 2.24) is 10.6 Å². The first kappa shape index (κ1) is 12.8. The Bertz CT molecular complexity index is 274. The van der Waals surface area contributed by atoms with Gasteiger partial charge in [-0.3, -0.25) is 4.79 Å². The maximum absolute atomic E-state index is 11.4. The zero-order chi connectivity index (χ0) is 12.2. The van der Waals surface area contributed by atoms with Gasteiger partial charge in [0.1, 0.15) is 0 Å². The molecule has 0 radical (unpaired) electrons. The van der Waals surface area contributed by atoms with E-state index in [1.807, 2.05) is 6.92 Å². The minimum Gasteiger partial charge on any atom is -0.481 e. The Morgan fingerprint density at radius 1 is 1.44 bits per heavy atom. The molecule has 0 spiro atoms. The first-order valence-electron chi connectivity index (χ1n) is 5.78. The van der Waals surface area contributed by atoms with Crippen molar-refractivity contribution in [2.24, 2.45) is 5.41 Å². The van der Waals surface area contributed by atoms with Crippen molar-refractivity contribution in [1.29, 1.82) is 0 Å². The van der Waals surface area contributed by atoms with E-state index in [4.69, 9.17) is 5.11 Å². The van der Waals surface area contributed by atoms with Gasteiger partial charge in [-0.1, -0.05) is 13.3 Å². The van der Waals surface area contributed by atoms with Gasteiger partial charge in [0, 0.05) is 12.6 Å². The lowest BCUT2D eigenvalue weighted by Gasteiger charge is -2.15. The van der Waals surface area contributed by atoms with Crippen molar-refractivity contribution in [3.8, 4) is 0 Å². The third-order valence-corrected chi connectivity index (χ3v) is 2.99. The van der Waals surface area contributed by atoms with Crippen LogP contribution in [0.3, 0.4) is 0 Å². The first-order valence-corrected chi connectivity index (χ1v) is 5.78. The second-order valence-corrected chi connectivity index (χ2v) is 4.60. The van der Waals surface area contributed by atoms with Crippen molar-refractivity contribution in [3.63, 3.8) is 0 Å². The number of carbonyl (C=O) groups is 2. The van der Waals surface area contributed by atoms with Gasteiger partial charge in [0.05, 0.1) is 5.41 Å². The van der Waals surface area contributed by atoms with E-state index in [2.05, 4.69) is 17.6 Å². The fraction of sp³-hybridized carbons (Fsp3) is 0.818. The van der Waals surface area contributed by atoms with Crippen LogP contribution in [0.25, 0.3) is 0 Å². The molecule has 1 aliphatic rings. The average Bonchev–Trinajstić information content (AvgIpc) is 2.95. The number of amides is 2. The van der Waals surface area contributed by atoms with Gasteiger partial charge in [-0.25, -0.2) is 4.79 Å². The third-order valence-electron chi connectivity index (χ3n) is 2.99. The Balaban J connectivity index is 2.23. The van der Waals surface area contributed by atoms with E-state index >= 15 is 0 Å². The van der Waals surface area contributed by atoms with Crippen molar-refractivity contribution in [3.05, 3.63) is 0 Å². The summed E-state index contributed by atoms with van der Waals surface area (Å²) in [6.45, 7) is 4.22. The van der Waals surface area contributed by atoms with Crippen LogP contribution in [-0.2, 0) is 4.79 Å². The second-order valence-electron chi connectivity index (χ2n) is 4.60. The molecule has 16 heavy (non-hydrogen) atoms. The third kappa shape index (κ3) is 3.40. The number of hydrogen-bond acceptors (Lipinski definition) is 2. The number of carboxylic acids is 1. The highest BCUT2D eigenvalue weighted by Gasteiger charge is 2.50. The Kier molecular flexibility index (Phi) is 4.15. The molecule has 1 unspecified atom stereocenters. The second kappa shape index (κ2) is 5.18. The van der Waals surface area contributed by atoms with Crippen LogP contribution in [0, 0.1) is 5.41 Å². The summed E-state index contributed by atoms with van der Waals surface area (Å²) in [6, 6.07) is -0.140. The van der Waals surface area contributed by atoms with Gasteiger partial charge in [-0.15, -0.1) is 0 Å². The van der Waals surface area contributed by atoms with Gasteiger partial charge in [-0.05, 0) is 26.2 Å². The van der Waals surface area contributed by atoms with Crippen molar-refractivity contribution >= 4 is 12.0 Å². The maximum atomic E-state index is 11.4. The van der Waals surface area contributed by atoms with E-state index in [-0.39, 0.29) is 18.6 Å². The number of hydrogen-bond donors (Lipinski definition) is 3. The summed E-state index contributed by atoms with van der Waals surface area (Å²) in [5, 5.41) is 14.3. The molecule has 0 aromatic carbocycles. The van der Waals surface area contributed by atoms with E-state index in [0.29, 0.717) is 12.8 Å². The van der Waals surface area contributed by atoms with Crippen LogP contribution in [0.1, 0.15) is 39.5 Å². The van der Waals surface area contributed by atoms with Crippen LogP contribution < -0.4 is 10.6 Å². The topological polar surface area (TPSA) is 78.4 Å². The zero-order valence-corrected chi connectivity index (χ0v) is 9.88. The molecule has 92 valence electrons. The Morgan fingerprint density at radius 3 is 2.50 bits per heavy atom. The quantitative estimate of drug-likeness (QED) is 0.642. The fourth-order valence-corrected chi connectivity index (χ4v) is 1.65. The summed E-state index contributed by atoms with van der Waals surface area (Å²) >= 11 is 0. The Morgan fingerprint density at radius 2 is 2.06 bits per heavy atom. The minimum absolute atomic E-state index is 0.130. The molecule has 0 saturated heterocycles. The summed E-state index contributed by atoms with van der Waals surface area (Å²) in [4.78, 5) is 22.3. The lowest BCUT2D eigenvalue weighted by atomic mass is 10.1. The number of rotatable bonds is 6. The number of urea groups is 1. The van der Waals surface area contributed by atoms with Crippen molar-refractivity contribution in [2.45, 2.75) is 45.6 Å². The molecule has 1 aliphatic carbocycles. The Hall–Kier alpha value is -1.26. The SMILES string of the molecule is CCCC(C)NC(=O)NCC1(C(=O)O)CC1. The minimum atomic E-state index is -0.811. The molecular formula is C11H20N2O3. The first-order chi connectivity index (χ1) is 7.50. The van der Waals surface area contributed by atoms with Crippen molar-refractivity contribution < 1.29 is 14.7 Å². The summed E-state index contributed by atoms with van der Waals surface area (Å²) in [6.07, 6.45) is 3.26. The molecule has 2 amide bonds. The zero-order valence-electron chi connectivity index (χ0n) is 9.88. The van der Waals surface area contributed by atoms with Gasteiger partial charge < -0.3 is 15.7 Å². The van der Waals surface area contributed by atoms with E-state index in [1.54, 1.807) is 0 Å². The fourth-order valence-electron chi connectivity index (χ4n) is 1.65. The van der Waals surface area contributed by atoms with Gasteiger partial charge >= 0.3 is 12.0 Å². The van der Waals surface area contributed by atoms with Crippen LogP contribution in [0.4, 0.5) is 4.79 Å². The van der Waals surface area contributed by atoms with Crippen LogP contribution in [0.2, 0.25) is 0 Å². The lowest BCUT2D eigenvalue weighted by Crippen LogP contribution is -2.44. The van der Waals surface area contributed by atoms with Crippen LogP contribution in [0.15, 0.2) is 0 Å². The van der Waals surface area contributed by atoms with Crippen molar-refractivity contribution in [2.75, 3.05) is 6.54 Å². The normalized spacial score (nSPS) is 18.6. The summed E-state index contributed by atoms with van der Waals surface area (Å²) in [5.41, 5.74) is -0.689. The summed E-state index contributed by atoms with van der Waals surface area (Å²) in [5.74, 6) is -0.811. The maximum Gasteiger partial charge on any atom is 0.315 e. The molecule has 0 bridgehead atoms. The lowest BCUT2D eigenvalue weighted by molar-refractivity contribution is -0.143. The van der Waals surface area contributed by atoms with E-state index in [0.717, 1.165) is 12.8 Å². The smallest absolute Gasteiger partial charge is 0.315 e. The highest BCUT2D eigenvalue weighted by molar-refractivity contribution is 5.80. The highest BCUT2D eigenvalue weighted by atomic mass is 16.4. The van der Waals surface area contributed by atoms with Crippen LogP contribution in [0.5, 0.6) is 0 Å². The average molecular weight is 228 g/mol. The number of carboxylic acid groups (broad SMARTS) is 1. The molecule has 0 heterocycles. The van der Waals surface area contributed by atoms with Gasteiger partial charge in [0.2, 0.25) is 0 Å². The van der Waals surface area contributed by atoms with E-state index < -0.39 is 11.4 Å². The molecule has 1 rings (SSSR count). The Labute approximate surface area is 95.6 Å². The van der Waals surface area contributed by atoms with Crippen LogP contribution >= 0.6 is 0 Å². The molecular weight excluding hydrogens is 208 g/mol.